The maximum absolute atomic E-state index is 5.57. The Bertz CT molecular complexity index is 3520. The second-order valence-electron chi connectivity index (χ2n) is 15.0. The molecule has 5 aliphatic heterocycles. The lowest BCUT2D eigenvalue weighted by Crippen LogP contribution is -2.01. The summed E-state index contributed by atoms with van der Waals surface area (Å²) in [6.07, 6.45) is 20.7. The van der Waals surface area contributed by atoms with Gasteiger partial charge in [0.25, 0.3) is 0 Å². The Balaban J connectivity index is 1.17. The van der Waals surface area contributed by atoms with Crippen molar-refractivity contribution in [3.05, 3.63) is 204 Å². The zero-order valence-corrected chi connectivity index (χ0v) is 30.0. The molecule has 0 saturated carbocycles. The molecular formula is C52H28N4. The molecule has 0 amide bonds. The molecule has 4 nitrogen and oxygen atoms in total. The third-order valence-electron chi connectivity index (χ3n) is 11.8. The largest absolute Gasteiger partial charge is 0.249 e. The van der Waals surface area contributed by atoms with E-state index in [0.717, 1.165) is 67.9 Å². The van der Waals surface area contributed by atoms with Gasteiger partial charge in [0.15, 0.2) is 0 Å². The standard InChI is InChI=1S/C52H28N4/c1-3-29-7-9-33-13-23-43(41-21-11-31(5-1)47(29)49(33)41)51-45-27-39-19-17-37(54-39)25-35-15-16-36(53-35)26-38-18-20-40(55-38)28-46(56-45)52(51)44-24-14-34-10-8-30-4-2-6-32-12-22-42(44)50(34)48(30)32/h1-28H. The molecule has 0 atom stereocenters. The smallest absolute Gasteiger partial charge is 0.0744 e. The summed E-state index contributed by atoms with van der Waals surface area (Å²) in [5.74, 6) is 0. The fourth-order valence-corrected chi connectivity index (χ4v) is 9.41. The van der Waals surface area contributed by atoms with Gasteiger partial charge in [0.05, 0.1) is 45.6 Å². The van der Waals surface area contributed by atoms with E-state index in [1.54, 1.807) is 0 Å². The Labute approximate surface area is 321 Å². The minimum absolute atomic E-state index is 0.848. The second-order valence-corrected chi connectivity index (χ2v) is 15.0. The SMILES string of the molecule is C1=CC2=NC1=CC1=NC(=CC3=NC(=CC4=NC(=C2)C=C4)C(c2ccc4ccc5cccc6ccc2c4c56)=C3c2ccc3ccc4cccc5ccc2c3c45)C=C1. The van der Waals surface area contributed by atoms with Crippen molar-refractivity contribution in [1.82, 2.24) is 0 Å². The molecule has 8 aromatic rings. The molecule has 0 radical (unpaired) electrons. The molecule has 256 valence electrons. The second kappa shape index (κ2) is 11.0. The molecule has 0 fully saturated rings. The molecule has 13 rings (SSSR count). The number of allylic oxidation sites excluding steroid dienone is 12. The van der Waals surface area contributed by atoms with E-state index < -0.39 is 0 Å². The molecule has 0 N–H and O–H groups in total. The van der Waals surface area contributed by atoms with Gasteiger partial charge in [0.1, 0.15) is 0 Å². The van der Waals surface area contributed by atoms with Crippen molar-refractivity contribution >= 4 is 98.6 Å². The molecule has 8 aromatic carbocycles. The van der Waals surface area contributed by atoms with Crippen molar-refractivity contribution < 1.29 is 0 Å². The van der Waals surface area contributed by atoms with Crippen LogP contribution in [-0.4, -0.2) is 22.8 Å². The van der Waals surface area contributed by atoms with Crippen LogP contribution in [0, 0.1) is 0 Å². The molecule has 0 aliphatic carbocycles. The van der Waals surface area contributed by atoms with Gasteiger partial charge < -0.3 is 0 Å². The third kappa shape index (κ3) is 4.29. The first-order valence-corrected chi connectivity index (χ1v) is 19.0. The molecule has 8 bridgehead atoms. The predicted molar refractivity (Wildman–Crippen MR) is 237 cm³/mol. The summed E-state index contributed by atoms with van der Waals surface area (Å²) in [5, 5.41) is 15.0. The van der Waals surface area contributed by atoms with E-state index in [9.17, 15) is 0 Å². The zero-order chi connectivity index (χ0) is 36.5. The van der Waals surface area contributed by atoms with E-state index in [0.29, 0.717) is 0 Å². The lowest BCUT2D eigenvalue weighted by Gasteiger charge is -2.18. The van der Waals surface area contributed by atoms with Crippen LogP contribution in [-0.2, 0) is 0 Å². The molecule has 0 aromatic heterocycles. The Morgan fingerprint density at radius 1 is 0.304 bits per heavy atom. The van der Waals surface area contributed by atoms with Gasteiger partial charge in [-0.2, -0.15) is 0 Å². The van der Waals surface area contributed by atoms with Gasteiger partial charge >= 0.3 is 0 Å². The number of hydrogen-bond donors (Lipinski definition) is 0. The fourth-order valence-electron chi connectivity index (χ4n) is 9.41. The fraction of sp³-hybridized carbons (Fsp3) is 0. The highest BCUT2D eigenvalue weighted by atomic mass is 14.8. The van der Waals surface area contributed by atoms with Crippen molar-refractivity contribution in [1.29, 1.82) is 0 Å². The predicted octanol–water partition coefficient (Wildman–Crippen LogP) is 12.4. The van der Waals surface area contributed by atoms with E-state index in [1.807, 2.05) is 24.3 Å². The number of hydrogen-bond acceptors (Lipinski definition) is 4. The average molecular weight is 709 g/mol. The summed E-state index contributed by atoms with van der Waals surface area (Å²) in [7, 11) is 0. The van der Waals surface area contributed by atoms with Crippen LogP contribution < -0.4 is 0 Å². The van der Waals surface area contributed by atoms with E-state index in [2.05, 4.69) is 146 Å². The Hall–Kier alpha value is -7.56. The molecular weight excluding hydrogens is 681 g/mol. The quantitative estimate of drug-likeness (QED) is 0.161. The van der Waals surface area contributed by atoms with Crippen molar-refractivity contribution in [2.45, 2.75) is 0 Å². The maximum atomic E-state index is 5.57. The lowest BCUT2D eigenvalue weighted by molar-refractivity contribution is 1.41. The highest BCUT2D eigenvalue weighted by Crippen LogP contribution is 2.48. The van der Waals surface area contributed by atoms with Crippen LogP contribution in [0.4, 0.5) is 0 Å². The van der Waals surface area contributed by atoms with Crippen LogP contribution in [0.15, 0.2) is 213 Å². The first kappa shape index (κ1) is 29.8. The highest BCUT2D eigenvalue weighted by molar-refractivity contribution is 6.43. The summed E-state index contributed by atoms with van der Waals surface area (Å²) < 4.78 is 0. The number of rotatable bonds is 2. The van der Waals surface area contributed by atoms with Gasteiger partial charge in [-0.1, -0.05) is 109 Å². The normalized spacial score (nSPS) is 17.5. The Morgan fingerprint density at radius 2 is 0.714 bits per heavy atom. The van der Waals surface area contributed by atoms with Crippen molar-refractivity contribution in [2.24, 2.45) is 20.0 Å². The van der Waals surface area contributed by atoms with E-state index in [-0.39, 0.29) is 0 Å². The van der Waals surface area contributed by atoms with E-state index in [4.69, 9.17) is 20.0 Å². The maximum Gasteiger partial charge on any atom is 0.0744 e. The van der Waals surface area contributed by atoms with E-state index in [1.165, 1.54) is 64.6 Å². The topological polar surface area (TPSA) is 49.4 Å². The van der Waals surface area contributed by atoms with Crippen LogP contribution in [0.3, 0.4) is 0 Å². The van der Waals surface area contributed by atoms with Gasteiger partial charge in [0, 0.05) is 11.1 Å². The average Bonchev–Trinajstić information content (AvgIpc) is 4.05. The molecule has 5 heterocycles. The minimum atomic E-state index is 0.848. The van der Waals surface area contributed by atoms with Crippen LogP contribution in [0.1, 0.15) is 11.1 Å². The van der Waals surface area contributed by atoms with Crippen LogP contribution >= 0.6 is 0 Å². The van der Waals surface area contributed by atoms with Gasteiger partial charge in [-0.05, 0) is 137 Å². The lowest BCUT2D eigenvalue weighted by atomic mass is 9.83. The molecule has 0 spiro atoms. The number of fused-ring (bicyclic) bond motifs is 4. The molecule has 56 heavy (non-hydrogen) atoms. The van der Waals surface area contributed by atoms with Crippen LogP contribution in [0.25, 0.3) is 75.8 Å². The van der Waals surface area contributed by atoms with Gasteiger partial charge in [-0.15, -0.1) is 0 Å². The summed E-state index contributed by atoms with van der Waals surface area (Å²) in [6.45, 7) is 0. The molecule has 0 unspecified atom stereocenters. The molecule has 0 saturated heterocycles. The van der Waals surface area contributed by atoms with Crippen molar-refractivity contribution in [3.8, 4) is 0 Å². The summed E-state index contributed by atoms with van der Waals surface area (Å²) in [4.78, 5) is 20.5. The first-order chi connectivity index (χ1) is 27.7. The number of nitrogens with zero attached hydrogens (tertiary/aromatic N) is 4. The Kier molecular flexibility index (Phi) is 5.86. The van der Waals surface area contributed by atoms with Crippen LogP contribution in [0.5, 0.6) is 0 Å². The first-order valence-electron chi connectivity index (χ1n) is 19.0. The zero-order valence-electron chi connectivity index (χ0n) is 30.0. The van der Waals surface area contributed by atoms with Gasteiger partial charge in [-0.3, -0.25) is 0 Å². The minimum Gasteiger partial charge on any atom is -0.249 e. The monoisotopic (exact) mass is 708 g/mol. The van der Waals surface area contributed by atoms with Crippen molar-refractivity contribution in [3.63, 3.8) is 0 Å². The van der Waals surface area contributed by atoms with Crippen molar-refractivity contribution in [2.75, 3.05) is 0 Å². The highest BCUT2D eigenvalue weighted by Gasteiger charge is 2.30. The summed E-state index contributed by atoms with van der Waals surface area (Å²) in [5.41, 5.74) is 11.3. The van der Waals surface area contributed by atoms with Gasteiger partial charge in [0.2, 0.25) is 0 Å². The Morgan fingerprint density at radius 3 is 1.23 bits per heavy atom. The summed E-state index contributed by atoms with van der Waals surface area (Å²) >= 11 is 0. The number of benzene rings is 8. The van der Waals surface area contributed by atoms with E-state index >= 15 is 0 Å². The van der Waals surface area contributed by atoms with Crippen LogP contribution in [0.2, 0.25) is 0 Å². The number of aliphatic imine (C=N–C) groups is 4. The molecule has 4 heteroatoms. The molecule has 5 aliphatic rings. The van der Waals surface area contributed by atoms with Gasteiger partial charge in [-0.25, -0.2) is 20.0 Å². The third-order valence-corrected chi connectivity index (χ3v) is 11.8. The summed E-state index contributed by atoms with van der Waals surface area (Å²) in [6, 6.07) is 40.5.